The minimum Gasteiger partial charge on any atom is -0.381 e. The van der Waals surface area contributed by atoms with Crippen molar-refractivity contribution in [2.24, 2.45) is 52.3 Å². The molecule has 0 aliphatic heterocycles. The second kappa shape index (κ2) is 7.41. The monoisotopic (exact) mass is 362 g/mol. The zero-order valence-electron chi connectivity index (χ0n) is 19.0. The van der Waals surface area contributed by atoms with Gasteiger partial charge in [-0.05, 0) is 97.2 Å². The standard InChI is InChI=1S/C25H46O/c1-16-11-21-20(9-10-23(26-8)22(21)12-16)17-13-18(24(2,3)4)15-19(14-17)25(5,6)7/h16-23H,9-15H2,1-8H3. The van der Waals surface area contributed by atoms with Crippen LogP contribution in [0.15, 0.2) is 0 Å². The molecule has 3 saturated carbocycles. The van der Waals surface area contributed by atoms with Crippen LogP contribution in [0.25, 0.3) is 0 Å². The van der Waals surface area contributed by atoms with Crippen LogP contribution in [0.1, 0.15) is 93.4 Å². The van der Waals surface area contributed by atoms with E-state index in [9.17, 15) is 0 Å². The van der Waals surface area contributed by atoms with Crippen LogP contribution in [0.2, 0.25) is 0 Å². The van der Waals surface area contributed by atoms with Crippen molar-refractivity contribution in [1.29, 1.82) is 0 Å². The van der Waals surface area contributed by atoms with Crippen molar-refractivity contribution < 1.29 is 4.74 Å². The summed E-state index contributed by atoms with van der Waals surface area (Å²) in [4.78, 5) is 0. The van der Waals surface area contributed by atoms with E-state index in [2.05, 4.69) is 48.5 Å². The Bertz CT molecular complexity index is 446. The fraction of sp³-hybridized carbons (Fsp3) is 1.00. The molecule has 0 radical (unpaired) electrons. The van der Waals surface area contributed by atoms with Crippen molar-refractivity contribution in [2.75, 3.05) is 7.11 Å². The first kappa shape index (κ1) is 20.7. The van der Waals surface area contributed by atoms with Crippen LogP contribution in [-0.4, -0.2) is 13.2 Å². The number of rotatable bonds is 2. The average molecular weight is 363 g/mol. The van der Waals surface area contributed by atoms with Gasteiger partial charge in [-0.25, -0.2) is 0 Å². The third-order valence-electron chi connectivity index (χ3n) is 8.81. The van der Waals surface area contributed by atoms with Crippen molar-refractivity contribution in [2.45, 2.75) is 99.5 Å². The molecule has 3 fully saturated rings. The van der Waals surface area contributed by atoms with Gasteiger partial charge in [-0.15, -0.1) is 0 Å². The van der Waals surface area contributed by atoms with Crippen LogP contribution < -0.4 is 0 Å². The van der Waals surface area contributed by atoms with Crippen molar-refractivity contribution in [1.82, 2.24) is 0 Å². The molecule has 1 nitrogen and oxygen atoms in total. The molecule has 3 rings (SSSR count). The zero-order chi connectivity index (χ0) is 19.3. The van der Waals surface area contributed by atoms with E-state index in [4.69, 9.17) is 4.74 Å². The van der Waals surface area contributed by atoms with Gasteiger partial charge in [0.25, 0.3) is 0 Å². The number of hydrogen-bond acceptors (Lipinski definition) is 1. The van der Waals surface area contributed by atoms with Crippen LogP contribution in [0.4, 0.5) is 0 Å². The minimum absolute atomic E-state index is 0.453. The van der Waals surface area contributed by atoms with Crippen molar-refractivity contribution in [3.63, 3.8) is 0 Å². The lowest BCUT2D eigenvalue weighted by Crippen LogP contribution is -2.44. The lowest BCUT2D eigenvalue weighted by molar-refractivity contribution is -0.0517. The maximum atomic E-state index is 5.94. The Balaban J connectivity index is 1.82. The van der Waals surface area contributed by atoms with Gasteiger partial charge in [0.15, 0.2) is 0 Å². The van der Waals surface area contributed by atoms with Gasteiger partial charge >= 0.3 is 0 Å². The van der Waals surface area contributed by atoms with Crippen molar-refractivity contribution >= 4 is 0 Å². The molecule has 0 N–H and O–H groups in total. The zero-order valence-corrected chi connectivity index (χ0v) is 19.0. The van der Waals surface area contributed by atoms with Gasteiger partial charge in [-0.1, -0.05) is 48.5 Å². The van der Waals surface area contributed by atoms with E-state index in [1.807, 2.05) is 7.11 Å². The molecule has 0 bridgehead atoms. The molecule has 7 atom stereocenters. The normalized spacial score (nSPS) is 44.8. The predicted molar refractivity (Wildman–Crippen MR) is 112 cm³/mol. The van der Waals surface area contributed by atoms with Gasteiger partial charge in [0.2, 0.25) is 0 Å². The second-order valence-corrected chi connectivity index (χ2v) is 12.5. The molecular formula is C25H46O. The molecule has 0 aromatic carbocycles. The Morgan fingerprint density at radius 2 is 1.19 bits per heavy atom. The van der Waals surface area contributed by atoms with Crippen LogP contribution in [0.5, 0.6) is 0 Å². The molecule has 1 heteroatoms. The Morgan fingerprint density at radius 3 is 1.69 bits per heavy atom. The summed E-state index contributed by atoms with van der Waals surface area (Å²) in [5.74, 6) is 6.39. The number of hydrogen-bond donors (Lipinski definition) is 0. The molecule has 0 amide bonds. The summed E-state index contributed by atoms with van der Waals surface area (Å²) in [6, 6.07) is 0. The Kier molecular flexibility index (Phi) is 5.90. The molecule has 0 spiro atoms. The van der Waals surface area contributed by atoms with Crippen molar-refractivity contribution in [3.8, 4) is 0 Å². The second-order valence-electron chi connectivity index (χ2n) is 12.5. The summed E-state index contributed by atoms with van der Waals surface area (Å²) >= 11 is 0. The Morgan fingerprint density at radius 1 is 0.654 bits per heavy atom. The maximum absolute atomic E-state index is 5.94. The van der Waals surface area contributed by atoms with Crippen molar-refractivity contribution in [3.05, 3.63) is 0 Å². The maximum Gasteiger partial charge on any atom is 0.0602 e. The van der Waals surface area contributed by atoms with Crippen LogP contribution >= 0.6 is 0 Å². The lowest BCUT2D eigenvalue weighted by Gasteiger charge is -2.51. The number of methoxy groups -OCH3 is 1. The molecule has 3 aliphatic rings. The molecule has 0 aromatic heterocycles. The molecule has 0 saturated heterocycles. The molecule has 0 heterocycles. The van der Waals surface area contributed by atoms with Gasteiger partial charge in [0, 0.05) is 7.11 Å². The van der Waals surface area contributed by atoms with Gasteiger partial charge in [0.05, 0.1) is 6.10 Å². The first-order valence-electron chi connectivity index (χ1n) is 11.5. The van der Waals surface area contributed by atoms with E-state index >= 15 is 0 Å². The molecular weight excluding hydrogens is 316 g/mol. The quantitative estimate of drug-likeness (QED) is 0.504. The first-order chi connectivity index (χ1) is 12.0. The summed E-state index contributed by atoms with van der Waals surface area (Å²) in [5, 5.41) is 0. The van der Waals surface area contributed by atoms with E-state index in [0.717, 1.165) is 41.4 Å². The van der Waals surface area contributed by atoms with E-state index in [1.54, 1.807) is 0 Å². The van der Waals surface area contributed by atoms with E-state index in [1.165, 1.54) is 44.9 Å². The third-order valence-corrected chi connectivity index (χ3v) is 8.81. The Hall–Kier alpha value is -0.0400. The highest BCUT2D eigenvalue weighted by atomic mass is 16.5. The van der Waals surface area contributed by atoms with Gasteiger partial charge < -0.3 is 4.74 Å². The molecule has 152 valence electrons. The number of ether oxygens (including phenoxy) is 1. The summed E-state index contributed by atoms with van der Waals surface area (Å²) in [5.41, 5.74) is 0.905. The highest BCUT2D eigenvalue weighted by Crippen LogP contribution is 2.57. The summed E-state index contributed by atoms with van der Waals surface area (Å²) in [6.07, 6.45) is 10.6. The predicted octanol–water partition coefficient (Wildman–Crippen LogP) is 7.20. The SMILES string of the molecule is COC1CCC(C2CC(C(C)(C)C)CC(C(C)(C)C)C2)C2CC(C)CC12. The summed E-state index contributed by atoms with van der Waals surface area (Å²) < 4.78 is 5.94. The van der Waals surface area contributed by atoms with Crippen LogP contribution in [-0.2, 0) is 4.74 Å². The fourth-order valence-corrected chi connectivity index (χ4v) is 7.08. The number of fused-ring (bicyclic) bond motifs is 1. The fourth-order valence-electron chi connectivity index (χ4n) is 7.08. The smallest absolute Gasteiger partial charge is 0.0602 e. The van der Waals surface area contributed by atoms with E-state index in [-0.39, 0.29) is 0 Å². The molecule has 26 heavy (non-hydrogen) atoms. The average Bonchev–Trinajstić information content (AvgIpc) is 2.93. The molecule has 7 unspecified atom stereocenters. The lowest BCUT2D eigenvalue weighted by atomic mass is 9.55. The van der Waals surface area contributed by atoms with Crippen LogP contribution in [0, 0.1) is 52.3 Å². The third kappa shape index (κ3) is 4.18. The summed E-state index contributed by atoms with van der Waals surface area (Å²) in [7, 11) is 1.96. The Labute approximate surface area is 164 Å². The topological polar surface area (TPSA) is 9.23 Å². The summed E-state index contributed by atoms with van der Waals surface area (Å²) in [6.45, 7) is 17.4. The minimum atomic E-state index is 0.453. The van der Waals surface area contributed by atoms with Gasteiger partial charge in [-0.2, -0.15) is 0 Å². The van der Waals surface area contributed by atoms with E-state index in [0.29, 0.717) is 16.9 Å². The largest absolute Gasteiger partial charge is 0.381 e. The van der Waals surface area contributed by atoms with E-state index < -0.39 is 0 Å². The first-order valence-corrected chi connectivity index (χ1v) is 11.5. The van der Waals surface area contributed by atoms with Gasteiger partial charge in [-0.3, -0.25) is 0 Å². The molecule has 0 aromatic rings. The highest BCUT2D eigenvalue weighted by Gasteiger charge is 2.49. The molecule has 3 aliphatic carbocycles. The van der Waals surface area contributed by atoms with Gasteiger partial charge in [0.1, 0.15) is 0 Å². The highest BCUT2D eigenvalue weighted by molar-refractivity contribution is 4.99. The van der Waals surface area contributed by atoms with Crippen LogP contribution in [0.3, 0.4) is 0 Å².